The summed E-state index contributed by atoms with van der Waals surface area (Å²) in [6.45, 7) is 6.38. The van der Waals surface area contributed by atoms with Gasteiger partial charge in [0, 0.05) is 13.1 Å². The van der Waals surface area contributed by atoms with E-state index < -0.39 is 0 Å². The van der Waals surface area contributed by atoms with Gasteiger partial charge >= 0.3 is 0 Å². The molecule has 0 aliphatic rings. The second kappa shape index (κ2) is 9.64. The van der Waals surface area contributed by atoms with Gasteiger partial charge in [-0.1, -0.05) is 36.4 Å². The second-order valence-electron chi connectivity index (χ2n) is 6.55. The molecular weight excluding hydrogens is 355 g/mol. The van der Waals surface area contributed by atoms with Gasteiger partial charge in [0.2, 0.25) is 0 Å². The molecule has 28 heavy (non-hydrogen) atoms. The molecule has 2 N–H and O–H groups in total. The lowest BCUT2D eigenvalue weighted by Crippen LogP contribution is -2.36. The number of hydrogen-bond acceptors (Lipinski definition) is 3. The molecule has 0 radical (unpaired) electrons. The van der Waals surface area contributed by atoms with Gasteiger partial charge in [0.15, 0.2) is 5.96 Å². The predicted molar refractivity (Wildman–Crippen MR) is 108 cm³/mol. The summed E-state index contributed by atoms with van der Waals surface area (Å²) in [5.41, 5.74) is 3.93. The van der Waals surface area contributed by atoms with Crippen LogP contribution in [0.25, 0.3) is 0 Å². The zero-order valence-corrected chi connectivity index (χ0v) is 16.2. The standard InChI is InChI=1S/C21H25FN6/c1-3-24-21(26-12-18-7-8-20(22)16(2)9-18)25-11-17-5-4-6-19(10-17)13-28-15-23-14-27-28/h4-10,14-15H,3,11-13H2,1-2H3,(H2,24,25,26). The van der Waals surface area contributed by atoms with Crippen LogP contribution in [0.2, 0.25) is 0 Å². The van der Waals surface area contributed by atoms with E-state index in [1.165, 1.54) is 12.4 Å². The number of guanidine groups is 1. The lowest BCUT2D eigenvalue weighted by atomic mass is 10.1. The molecule has 2 aromatic carbocycles. The summed E-state index contributed by atoms with van der Waals surface area (Å²) < 4.78 is 15.2. The Morgan fingerprint density at radius 1 is 1.11 bits per heavy atom. The molecule has 1 heterocycles. The molecule has 0 atom stereocenters. The minimum absolute atomic E-state index is 0.185. The maximum Gasteiger partial charge on any atom is 0.191 e. The number of aryl methyl sites for hydroxylation is 1. The van der Waals surface area contributed by atoms with Gasteiger partial charge in [0.25, 0.3) is 0 Å². The Morgan fingerprint density at radius 3 is 2.71 bits per heavy atom. The van der Waals surface area contributed by atoms with Crippen LogP contribution in [0.5, 0.6) is 0 Å². The van der Waals surface area contributed by atoms with Gasteiger partial charge in [-0.05, 0) is 42.2 Å². The van der Waals surface area contributed by atoms with Gasteiger partial charge in [0.05, 0.1) is 13.1 Å². The molecule has 0 saturated heterocycles. The van der Waals surface area contributed by atoms with E-state index in [4.69, 9.17) is 0 Å². The summed E-state index contributed by atoms with van der Waals surface area (Å²) in [7, 11) is 0. The third-order valence-corrected chi connectivity index (χ3v) is 4.25. The summed E-state index contributed by atoms with van der Waals surface area (Å²) in [4.78, 5) is 8.63. The summed E-state index contributed by atoms with van der Waals surface area (Å²) in [6, 6.07) is 13.4. The quantitative estimate of drug-likeness (QED) is 0.488. The van der Waals surface area contributed by atoms with E-state index in [2.05, 4.69) is 43.9 Å². The van der Waals surface area contributed by atoms with E-state index >= 15 is 0 Å². The monoisotopic (exact) mass is 380 g/mol. The minimum Gasteiger partial charge on any atom is -0.357 e. The molecule has 0 saturated carbocycles. The van der Waals surface area contributed by atoms with E-state index in [9.17, 15) is 4.39 Å². The lowest BCUT2D eigenvalue weighted by molar-refractivity contribution is 0.617. The molecule has 146 valence electrons. The maximum atomic E-state index is 13.4. The highest BCUT2D eigenvalue weighted by atomic mass is 19.1. The largest absolute Gasteiger partial charge is 0.357 e. The molecule has 6 nitrogen and oxygen atoms in total. The van der Waals surface area contributed by atoms with Crippen molar-refractivity contribution in [3.05, 3.63) is 83.2 Å². The molecule has 7 heteroatoms. The zero-order valence-electron chi connectivity index (χ0n) is 16.2. The lowest BCUT2D eigenvalue weighted by Gasteiger charge is -2.12. The van der Waals surface area contributed by atoms with Crippen molar-refractivity contribution in [1.82, 2.24) is 25.4 Å². The van der Waals surface area contributed by atoms with E-state index in [0.29, 0.717) is 25.2 Å². The molecule has 3 rings (SSSR count). The van der Waals surface area contributed by atoms with E-state index in [-0.39, 0.29) is 5.82 Å². The van der Waals surface area contributed by atoms with Gasteiger partial charge in [-0.15, -0.1) is 0 Å². The molecule has 3 aromatic rings. The van der Waals surface area contributed by atoms with Gasteiger partial charge in [-0.25, -0.2) is 19.0 Å². The normalized spacial score (nSPS) is 11.5. The highest BCUT2D eigenvalue weighted by Gasteiger charge is 2.03. The summed E-state index contributed by atoms with van der Waals surface area (Å²) >= 11 is 0. The molecule has 0 spiro atoms. The van der Waals surface area contributed by atoms with Gasteiger partial charge < -0.3 is 10.6 Å². The van der Waals surface area contributed by atoms with Crippen LogP contribution in [-0.2, 0) is 19.6 Å². The fourth-order valence-corrected chi connectivity index (χ4v) is 2.84. The summed E-state index contributed by atoms with van der Waals surface area (Å²) in [5.74, 6) is 0.543. The summed E-state index contributed by atoms with van der Waals surface area (Å²) in [5, 5.41) is 10.7. The number of halogens is 1. The Labute approximate surface area is 164 Å². The Kier molecular flexibility index (Phi) is 6.73. The number of benzene rings is 2. The van der Waals surface area contributed by atoms with Crippen molar-refractivity contribution in [3.8, 4) is 0 Å². The van der Waals surface area contributed by atoms with Crippen molar-refractivity contribution >= 4 is 5.96 Å². The third kappa shape index (κ3) is 5.64. The first kappa shape index (κ1) is 19.5. The Morgan fingerprint density at radius 2 is 1.96 bits per heavy atom. The first-order valence-electron chi connectivity index (χ1n) is 9.31. The van der Waals surface area contributed by atoms with Crippen LogP contribution in [0.15, 0.2) is 60.1 Å². The molecule has 0 aliphatic heterocycles. The predicted octanol–water partition coefficient (Wildman–Crippen LogP) is 3.03. The Balaban J connectivity index is 1.62. The van der Waals surface area contributed by atoms with Crippen LogP contribution in [0, 0.1) is 12.7 Å². The van der Waals surface area contributed by atoms with Gasteiger partial charge in [-0.3, -0.25) is 0 Å². The van der Waals surface area contributed by atoms with Crippen molar-refractivity contribution in [2.45, 2.75) is 33.5 Å². The molecule has 0 unspecified atom stereocenters. The first-order chi connectivity index (χ1) is 13.6. The number of nitrogens with one attached hydrogen (secondary N) is 2. The average molecular weight is 380 g/mol. The van der Waals surface area contributed by atoms with Gasteiger partial charge in [0.1, 0.15) is 18.5 Å². The second-order valence-corrected chi connectivity index (χ2v) is 6.55. The molecule has 0 bridgehead atoms. The molecule has 0 fully saturated rings. The van der Waals surface area contributed by atoms with Crippen molar-refractivity contribution < 1.29 is 4.39 Å². The first-order valence-corrected chi connectivity index (χ1v) is 9.31. The van der Waals surface area contributed by atoms with Crippen molar-refractivity contribution in [3.63, 3.8) is 0 Å². The average Bonchev–Trinajstić information content (AvgIpc) is 3.20. The number of rotatable bonds is 7. The number of aromatic nitrogens is 3. The van der Waals surface area contributed by atoms with Crippen LogP contribution in [0.1, 0.15) is 29.2 Å². The highest BCUT2D eigenvalue weighted by molar-refractivity contribution is 5.79. The SMILES string of the molecule is CCNC(=NCc1cccc(Cn2cncn2)c1)NCc1ccc(F)c(C)c1. The van der Waals surface area contributed by atoms with Crippen molar-refractivity contribution in [2.24, 2.45) is 4.99 Å². The van der Waals surface area contributed by atoms with Crippen molar-refractivity contribution in [1.29, 1.82) is 0 Å². The van der Waals surface area contributed by atoms with E-state index in [1.54, 1.807) is 24.0 Å². The van der Waals surface area contributed by atoms with Crippen LogP contribution >= 0.6 is 0 Å². The van der Waals surface area contributed by atoms with Crippen LogP contribution in [0.4, 0.5) is 4.39 Å². The zero-order chi connectivity index (χ0) is 19.8. The van der Waals surface area contributed by atoms with Crippen LogP contribution < -0.4 is 10.6 Å². The number of nitrogens with zero attached hydrogens (tertiary/aromatic N) is 4. The maximum absolute atomic E-state index is 13.4. The van der Waals surface area contributed by atoms with Gasteiger partial charge in [-0.2, -0.15) is 5.10 Å². The van der Waals surface area contributed by atoms with Crippen LogP contribution in [-0.4, -0.2) is 27.3 Å². The highest BCUT2D eigenvalue weighted by Crippen LogP contribution is 2.10. The van der Waals surface area contributed by atoms with Crippen molar-refractivity contribution in [2.75, 3.05) is 6.54 Å². The Hall–Kier alpha value is -3.22. The fraction of sp³-hybridized carbons (Fsp3) is 0.286. The smallest absolute Gasteiger partial charge is 0.191 e. The Bertz CT molecular complexity index is 920. The van der Waals surface area contributed by atoms with E-state index in [1.807, 2.05) is 19.1 Å². The molecule has 0 amide bonds. The number of hydrogen-bond donors (Lipinski definition) is 2. The third-order valence-electron chi connectivity index (χ3n) is 4.25. The summed E-state index contributed by atoms with van der Waals surface area (Å²) in [6.07, 6.45) is 3.24. The molecular formula is C21H25FN6. The van der Waals surface area contributed by atoms with E-state index in [0.717, 1.165) is 29.2 Å². The number of aliphatic imine (C=N–C) groups is 1. The van der Waals surface area contributed by atoms with Crippen LogP contribution in [0.3, 0.4) is 0 Å². The topological polar surface area (TPSA) is 67.1 Å². The molecule has 0 aliphatic carbocycles. The fourth-order valence-electron chi connectivity index (χ4n) is 2.84. The molecule has 1 aromatic heterocycles. The minimum atomic E-state index is -0.185.